The van der Waals surface area contributed by atoms with E-state index in [1.54, 1.807) is 0 Å². The van der Waals surface area contributed by atoms with Gasteiger partial charge in [-0.25, -0.2) is 0 Å². The topological polar surface area (TPSA) is 26.0 Å². The highest BCUT2D eigenvalue weighted by Gasteiger charge is 2.47. The Balaban J connectivity index is 2.14. The molecule has 0 radical (unpaired) electrons. The van der Waals surface area contributed by atoms with E-state index in [0.717, 1.165) is 5.92 Å². The van der Waals surface area contributed by atoms with Gasteiger partial charge in [0.15, 0.2) is 0 Å². The van der Waals surface area contributed by atoms with Crippen LogP contribution in [-0.4, -0.2) is 5.54 Å². The molecule has 3 aliphatic carbocycles. The molecule has 0 heterocycles. The molecule has 0 amide bonds. The number of rotatable bonds is 1. The van der Waals surface area contributed by atoms with Crippen molar-refractivity contribution in [2.24, 2.45) is 17.1 Å². The summed E-state index contributed by atoms with van der Waals surface area (Å²) >= 11 is 0. The first-order valence-electron chi connectivity index (χ1n) is 5.35. The number of nitrogens with two attached hydrogens (primary N) is 1. The van der Waals surface area contributed by atoms with Gasteiger partial charge in [0, 0.05) is 5.54 Å². The zero-order chi connectivity index (χ0) is 8.82. The molecule has 3 fully saturated rings. The van der Waals surface area contributed by atoms with Gasteiger partial charge >= 0.3 is 0 Å². The minimum absolute atomic E-state index is 0.247. The van der Waals surface area contributed by atoms with Crippen molar-refractivity contribution in [3.05, 3.63) is 0 Å². The SMILES string of the molecule is CC(C)C12CCC(N)(CC1)CC2. The lowest BCUT2D eigenvalue weighted by molar-refractivity contribution is 0.00625. The Morgan fingerprint density at radius 2 is 1.33 bits per heavy atom. The summed E-state index contributed by atoms with van der Waals surface area (Å²) in [5, 5.41) is 0. The molecule has 3 rings (SSSR count). The summed E-state index contributed by atoms with van der Waals surface area (Å²) in [6, 6.07) is 0. The van der Waals surface area contributed by atoms with Gasteiger partial charge in [-0.2, -0.15) is 0 Å². The molecule has 2 bridgehead atoms. The van der Waals surface area contributed by atoms with Crippen LogP contribution in [0.4, 0.5) is 0 Å². The highest BCUT2D eigenvalue weighted by molar-refractivity contribution is 5.03. The van der Waals surface area contributed by atoms with Crippen molar-refractivity contribution in [1.82, 2.24) is 0 Å². The van der Waals surface area contributed by atoms with E-state index in [2.05, 4.69) is 13.8 Å². The van der Waals surface area contributed by atoms with Gasteiger partial charge in [-0.15, -0.1) is 0 Å². The predicted octanol–water partition coefficient (Wildman–Crippen LogP) is 2.69. The van der Waals surface area contributed by atoms with Crippen LogP contribution in [0, 0.1) is 11.3 Å². The quantitative estimate of drug-likeness (QED) is 0.638. The Labute approximate surface area is 75.7 Å². The third-order valence-corrected chi connectivity index (χ3v) is 4.59. The molecule has 1 heteroatoms. The fraction of sp³-hybridized carbons (Fsp3) is 1.00. The standard InChI is InChI=1S/C11H21N/c1-9(2)10-3-6-11(12,7-4-10)8-5-10/h9H,3-8,12H2,1-2H3. The van der Waals surface area contributed by atoms with Crippen LogP contribution in [0.2, 0.25) is 0 Å². The molecule has 0 aromatic carbocycles. The lowest BCUT2D eigenvalue weighted by Gasteiger charge is -2.54. The predicted molar refractivity (Wildman–Crippen MR) is 51.9 cm³/mol. The van der Waals surface area contributed by atoms with Crippen LogP contribution in [0.3, 0.4) is 0 Å². The van der Waals surface area contributed by atoms with Crippen LogP contribution in [-0.2, 0) is 0 Å². The summed E-state index contributed by atoms with van der Waals surface area (Å²) in [6.07, 6.45) is 8.02. The summed E-state index contributed by atoms with van der Waals surface area (Å²) in [5.74, 6) is 0.863. The average molecular weight is 167 g/mol. The second-order valence-corrected chi connectivity index (χ2v) is 5.38. The van der Waals surface area contributed by atoms with Gasteiger partial charge in [-0.05, 0) is 49.9 Å². The Bertz CT molecular complexity index is 159. The van der Waals surface area contributed by atoms with Crippen molar-refractivity contribution < 1.29 is 0 Å². The van der Waals surface area contributed by atoms with E-state index in [1.165, 1.54) is 38.5 Å². The molecule has 0 unspecified atom stereocenters. The van der Waals surface area contributed by atoms with Gasteiger partial charge < -0.3 is 5.73 Å². The van der Waals surface area contributed by atoms with Crippen molar-refractivity contribution >= 4 is 0 Å². The Hall–Kier alpha value is -0.0400. The van der Waals surface area contributed by atoms with Gasteiger partial charge in [-0.1, -0.05) is 13.8 Å². The average Bonchev–Trinajstić information content (AvgIpc) is 2.06. The number of hydrogen-bond donors (Lipinski definition) is 1. The first-order chi connectivity index (χ1) is 5.56. The molecule has 70 valence electrons. The fourth-order valence-corrected chi connectivity index (χ4v) is 3.11. The molecule has 2 N–H and O–H groups in total. The molecular weight excluding hydrogens is 146 g/mol. The largest absolute Gasteiger partial charge is 0.325 e. The van der Waals surface area contributed by atoms with E-state index in [1.807, 2.05) is 0 Å². The summed E-state index contributed by atoms with van der Waals surface area (Å²) < 4.78 is 0. The lowest BCUT2D eigenvalue weighted by atomic mass is 9.54. The third-order valence-electron chi connectivity index (χ3n) is 4.59. The minimum Gasteiger partial charge on any atom is -0.325 e. The molecule has 0 saturated heterocycles. The monoisotopic (exact) mass is 167 g/mol. The molecule has 3 aliphatic rings. The van der Waals surface area contributed by atoms with Crippen molar-refractivity contribution in [1.29, 1.82) is 0 Å². The molecular formula is C11H21N. The van der Waals surface area contributed by atoms with Gasteiger partial charge in [0.1, 0.15) is 0 Å². The van der Waals surface area contributed by atoms with Crippen LogP contribution in [0.15, 0.2) is 0 Å². The van der Waals surface area contributed by atoms with E-state index in [0.29, 0.717) is 5.41 Å². The van der Waals surface area contributed by atoms with Crippen LogP contribution in [0.5, 0.6) is 0 Å². The maximum Gasteiger partial charge on any atom is 0.0155 e. The highest BCUT2D eigenvalue weighted by Crippen LogP contribution is 2.54. The van der Waals surface area contributed by atoms with Gasteiger partial charge in [0.05, 0.1) is 0 Å². The van der Waals surface area contributed by atoms with Gasteiger partial charge in [-0.3, -0.25) is 0 Å². The molecule has 0 spiro atoms. The summed E-state index contributed by atoms with van der Waals surface area (Å²) in [7, 11) is 0. The Morgan fingerprint density at radius 3 is 1.67 bits per heavy atom. The van der Waals surface area contributed by atoms with Gasteiger partial charge in [0.2, 0.25) is 0 Å². The van der Waals surface area contributed by atoms with E-state index in [4.69, 9.17) is 5.73 Å². The molecule has 12 heavy (non-hydrogen) atoms. The molecule has 1 nitrogen and oxygen atoms in total. The molecule has 0 aromatic rings. The van der Waals surface area contributed by atoms with Crippen LogP contribution >= 0.6 is 0 Å². The molecule has 0 aliphatic heterocycles. The molecule has 0 atom stereocenters. The normalized spacial score (nSPS) is 47.0. The second kappa shape index (κ2) is 2.47. The van der Waals surface area contributed by atoms with E-state index < -0.39 is 0 Å². The Morgan fingerprint density at radius 1 is 0.917 bits per heavy atom. The number of fused-ring (bicyclic) bond motifs is 3. The van der Waals surface area contributed by atoms with E-state index in [9.17, 15) is 0 Å². The maximum absolute atomic E-state index is 6.26. The zero-order valence-corrected chi connectivity index (χ0v) is 8.40. The molecule has 0 aromatic heterocycles. The smallest absolute Gasteiger partial charge is 0.0155 e. The fourth-order valence-electron chi connectivity index (χ4n) is 3.11. The van der Waals surface area contributed by atoms with E-state index in [-0.39, 0.29) is 5.54 Å². The van der Waals surface area contributed by atoms with E-state index >= 15 is 0 Å². The lowest BCUT2D eigenvalue weighted by Crippen LogP contribution is -2.53. The third kappa shape index (κ3) is 1.10. The van der Waals surface area contributed by atoms with Crippen molar-refractivity contribution in [3.8, 4) is 0 Å². The zero-order valence-electron chi connectivity index (χ0n) is 8.40. The maximum atomic E-state index is 6.26. The van der Waals surface area contributed by atoms with Crippen molar-refractivity contribution in [2.45, 2.75) is 57.9 Å². The summed E-state index contributed by atoms with van der Waals surface area (Å²) in [5.41, 5.74) is 7.18. The van der Waals surface area contributed by atoms with Crippen molar-refractivity contribution in [2.75, 3.05) is 0 Å². The van der Waals surface area contributed by atoms with Crippen LogP contribution in [0.25, 0.3) is 0 Å². The van der Waals surface area contributed by atoms with Gasteiger partial charge in [0.25, 0.3) is 0 Å². The first-order valence-corrected chi connectivity index (χ1v) is 5.35. The van der Waals surface area contributed by atoms with Crippen molar-refractivity contribution in [3.63, 3.8) is 0 Å². The Kier molecular flexibility index (Phi) is 1.76. The summed E-state index contributed by atoms with van der Waals surface area (Å²) in [6.45, 7) is 4.77. The minimum atomic E-state index is 0.247. The second-order valence-electron chi connectivity index (χ2n) is 5.38. The highest BCUT2D eigenvalue weighted by atomic mass is 14.8. The van der Waals surface area contributed by atoms with Crippen LogP contribution < -0.4 is 5.73 Å². The first kappa shape index (κ1) is 8.55. The number of hydrogen-bond acceptors (Lipinski definition) is 1. The summed E-state index contributed by atoms with van der Waals surface area (Å²) in [4.78, 5) is 0. The molecule has 3 saturated carbocycles. The van der Waals surface area contributed by atoms with Crippen LogP contribution in [0.1, 0.15) is 52.4 Å².